The van der Waals surface area contributed by atoms with Crippen LogP contribution in [-0.2, 0) is 12.8 Å². The highest BCUT2D eigenvalue weighted by Crippen LogP contribution is 2.25. The van der Waals surface area contributed by atoms with Gasteiger partial charge in [0.15, 0.2) is 5.89 Å². The number of aryl methyl sites for hydroxylation is 2. The van der Waals surface area contributed by atoms with E-state index in [-0.39, 0.29) is 0 Å². The molecule has 0 saturated carbocycles. The fourth-order valence-electron chi connectivity index (χ4n) is 1.21. The predicted octanol–water partition coefficient (Wildman–Crippen LogP) is 1.56. The fourth-order valence-corrected chi connectivity index (χ4v) is 1.21. The Morgan fingerprint density at radius 2 is 2.45 bits per heavy atom. The Balaban J connectivity index is 2.32. The molecule has 1 aliphatic rings. The first-order valence-corrected chi connectivity index (χ1v) is 4.01. The first kappa shape index (κ1) is 6.70. The molecule has 1 aliphatic heterocycles. The molecule has 0 aromatic carbocycles. The van der Waals surface area contributed by atoms with Crippen LogP contribution >= 0.6 is 0 Å². The summed E-state index contributed by atoms with van der Waals surface area (Å²) in [6, 6.07) is 0. The first-order valence-electron chi connectivity index (χ1n) is 4.01. The molecule has 1 aromatic heterocycles. The number of fused-ring (bicyclic) bond motifs is 1. The SMILES string of the molecule is CCc1nc2c(o1)OCCC2. The maximum absolute atomic E-state index is 5.32. The molecule has 0 fully saturated rings. The van der Waals surface area contributed by atoms with Crippen LogP contribution in [-0.4, -0.2) is 11.6 Å². The Bertz CT molecular complexity index is 231. The second-order valence-corrected chi connectivity index (χ2v) is 2.65. The van der Waals surface area contributed by atoms with Crippen LogP contribution in [0.1, 0.15) is 24.9 Å². The molecular formula is C8H11NO2. The molecule has 11 heavy (non-hydrogen) atoms. The average molecular weight is 153 g/mol. The van der Waals surface area contributed by atoms with E-state index in [1.165, 1.54) is 0 Å². The molecule has 0 aliphatic carbocycles. The second kappa shape index (κ2) is 2.57. The van der Waals surface area contributed by atoms with Gasteiger partial charge in [-0.25, -0.2) is 4.98 Å². The van der Waals surface area contributed by atoms with Crippen LogP contribution < -0.4 is 4.74 Å². The molecular weight excluding hydrogens is 142 g/mol. The van der Waals surface area contributed by atoms with Gasteiger partial charge in [-0.15, -0.1) is 0 Å². The van der Waals surface area contributed by atoms with Crippen molar-refractivity contribution in [1.82, 2.24) is 4.98 Å². The predicted molar refractivity (Wildman–Crippen MR) is 39.7 cm³/mol. The van der Waals surface area contributed by atoms with E-state index in [2.05, 4.69) is 4.98 Å². The third-order valence-corrected chi connectivity index (χ3v) is 1.80. The van der Waals surface area contributed by atoms with Crippen molar-refractivity contribution < 1.29 is 9.15 Å². The van der Waals surface area contributed by atoms with Crippen molar-refractivity contribution in [3.05, 3.63) is 11.6 Å². The summed E-state index contributed by atoms with van der Waals surface area (Å²) in [5.74, 6) is 1.44. The smallest absolute Gasteiger partial charge is 0.308 e. The maximum atomic E-state index is 5.32. The van der Waals surface area contributed by atoms with Crippen LogP contribution in [0.15, 0.2) is 4.42 Å². The van der Waals surface area contributed by atoms with Crippen LogP contribution in [0.4, 0.5) is 0 Å². The van der Waals surface area contributed by atoms with Gasteiger partial charge >= 0.3 is 5.95 Å². The molecule has 0 spiro atoms. The Labute approximate surface area is 65.4 Å². The summed E-state index contributed by atoms with van der Waals surface area (Å²) >= 11 is 0. The minimum absolute atomic E-state index is 0.646. The van der Waals surface area contributed by atoms with E-state index in [1.54, 1.807) is 0 Å². The molecule has 3 heteroatoms. The molecule has 0 radical (unpaired) electrons. The molecule has 0 amide bonds. The lowest BCUT2D eigenvalue weighted by molar-refractivity contribution is 0.215. The van der Waals surface area contributed by atoms with E-state index in [9.17, 15) is 0 Å². The molecule has 2 rings (SSSR count). The lowest BCUT2D eigenvalue weighted by Crippen LogP contribution is -2.06. The van der Waals surface area contributed by atoms with Crippen LogP contribution in [0.3, 0.4) is 0 Å². The Hall–Kier alpha value is -0.990. The zero-order valence-electron chi connectivity index (χ0n) is 6.59. The lowest BCUT2D eigenvalue weighted by atomic mass is 10.2. The van der Waals surface area contributed by atoms with E-state index in [0.29, 0.717) is 5.95 Å². The van der Waals surface area contributed by atoms with E-state index >= 15 is 0 Å². The molecule has 3 nitrogen and oxygen atoms in total. The summed E-state index contributed by atoms with van der Waals surface area (Å²) in [5.41, 5.74) is 0.994. The quantitative estimate of drug-likeness (QED) is 0.614. The normalized spacial score (nSPS) is 15.7. The highest BCUT2D eigenvalue weighted by atomic mass is 16.6. The molecule has 0 atom stereocenters. The van der Waals surface area contributed by atoms with Crippen molar-refractivity contribution in [3.63, 3.8) is 0 Å². The molecule has 0 N–H and O–H groups in total. The minimum atomic E-state index is 0.646. The number of ether oxygens (including phenoxy) is 1. The highest BCUT2D eigenvalue weighted by Gasteiger charge is 2.17. The van der Waals surface area contributed by atoms with E-state index < -0.39 is 0 Å². The van der Waals surface area contributed by atoms with Crippen molar-refractivity contribution in [1.29, 1.82) is 0 Å². The van der Waals surface area contributed by atoms with E-state index in [4.69, 9.17) is 9.15 Å². The average Bonchev–Trinajstić information content (AvgIpc) is 2.46. The third kappa shape index (κ3) is 1.11. The van der Waals surface area contributed by atoms with Crippen LogP contribution in [0, 0.1) is 0 Å². The number of hydrogen-bond acceptors (Lipinski definition) is 3. The van der Waals surface area contributed by atoms with Gasteiger partial charge in [0, 0.05) is 12.8 Å². The number of hydrogen-bond donors (Lipinski definition) is 0. The van der Waals surface area contributed by atoms with Gasteiger partial charge in [-0.3, -0.25) is 0 Å². The first-order chi connectivity index (χ1) is 5.40. The van der Waals surface area contributed by atoms with Gasteiger partial charge in [-0.2, -0.15) is 0 Å². The summed E-state index contributed by atoms with van der Waals surface area (Å²) in [5, 5.41) is 0. The van der Waals surface area contributed by atoms with Crippen molar-refractivity contribution in [3.8, 4) is 5.95 Å². The van der Waals surface area contributed by atoms with Crippen molar-refractivity contribution in [2.75, 3.05) is 6.61 Å². The van der Waals surface area contributed by atoms with E-state index in [1.807, 2.05) is 6.92 Å². The Morgan fingerprint density at radius 1 is 1.55 bits per heavy atom. The van der Waals surface area contributed by atoms with Gasteiger partial charge in [0.1, 0.15) is 5.69 Å². The minimum Gasteiger partial charge on any atom is -0.464 e. The molecule has 0 unspecified atom stereocenters. The molecule has 60 valence electrons. The zero-order chi connectivity index (χ0) is 7.68. The molecule has 0 saturated heterocycles. The van der Waals surface area contributed by atoms with Gasteiger partial charge in [0.25, 0.3) is 0 Å². The summed E-state index contributed by atoms with van der Waals surface area (Å²) in [4.78, 5) is 4.28. The maximum Gasteiger partial charge on any atom is 0.308 e. The summed E-state index contributed by atoms with van der Waals surface area (Å²) < 4.78 is 10.6. The molecule has 0 bridgehead atoms. The molecule has 2 heterocycles. The van der Waals surface area contributed by atoms with Gasteiger partial charge in [0.05, 0.1) is 6.61 Å². The van der Waals surface area contributed by atoms with Crippen LogP contribution in [0.5, 0.6) is 5.95 Å². The van der Waals surface area contributed by atoms with Crippen LogP contribution in [0.25, 0.3) is 0 Å². The van der Waals surface area contributed by atoms with Gasteiger partial charge in [-0.05, 0) is 6.42 Å². The summed E-state index contributed by atoms with van der Waals surface area (Å²) in [6.45, 7) is 2.79. The lowest BCUT2D eigenvalue weighted by Gasteiger charge is -2.08. The topological polar surface area (TPSA) is 35.3 Å². The zero-order valence-corrected chi connectivity index (χ0v) is 6.59. The number of oxazole rings is 1. The molecule has 1 aromatic rings. The van der Waals surface area contributed by atoms with Crippen molar-refractivity contribution >= 4 is 0 Å². The number of rotatable bonds is 1. The third-order valence-electron chi connectivity index (χ3n) is 1.80. The Morgan fingerprint density at radius 3 is 3.18 bits per heavy atom. The van der Waals surface area contributed by atoms with Crippen molar-refractivity contribution in [2.24, 2.45) is 0 Å². The second-order valence-electron chi connectivity index (χ2n) is 2.65. The van der Waals surface area contributed by atoms with Gasteiger partial charge in [0.2, 0.25) is 0 Å². The fraction of sp³-hybridized carbons (Fsp3) is 0.625. The summed E-state index contributed by atoms with van der Waals surface area (Å²) in [7, 11) is 0. The monoisotopic (exact) mass is 153 g/mol. The highest BCUT2D eigenvalue weighted by molar-refractivity contribution is 5.18. The summed E-state index contributed by atoms with van der Waals surface area (Å²) in [6.07, 6.45) is 2.90. The largest absolute Gasteiger partial charge is 0.464 e. The van der Waals surface area contributed by atoms with Gasteiger partial charge < -0.3 is 9.15 Å². The van der Waals surface area contributed by atoms with Crippen LogP contribution in [0.2, 0.25) is 0 Å². The van der Waals surface area contributed by atoms with Crippen molar-refractivity contribution in [2.45, 2.75) is 26.2 Å². The number of nitrogens with zero attached hydrogens (tertiary/aromatic N) is 1. The number of aromatic nitrogens is 1. The van der Waals surface area contributed by atoms with E-state index in [0.717, 1.165) is 37.5 Å². The standard InChI is InChI=1S/C8H11NO2/c1-2-7-9-6-4-3-5-10-8(6)11-7/h2-5H2,1H3. The van der Waals surface area contributed by atoms with Gasteiger partial charge in [-0.1, -0.05) is 6.92 Å². The Kier molecular flexibility index (Phi) is 1.56.